The van der Waals surface area contributed by atoms with Crippen LogP contribution in [0.25, 0.3) is 0 Å². The van der Waals surface area contributed by atoms with E-state index >= 15 is 0 Å². The summed E-state index contributed by atoms with van der Waals surface area (Å²) in [5.74, 6) is 4.78. The molecule has 0 aliphatic rings. The number of hydrogen-bond acceptors (Lipinski definition) is 7. The van der Waals surface area contributed by atoms with Crippen molar-refractivity contribution in [3.63, 3.8) is 0 Å². The van der Waals surface area contributed by atoms with E-state index < -0.39 is 16.5 Å². The second-order valence-electron chi connectivity index (χ2n) is 3.80. The second-order valence-corrected chi connectivity index (χ2v) is 4.21. The number of nitro benzene ring substituents is 1. The topological polar surface area (TPSA) is 136 Å². The molecule has 2 rings (SSSR count). The van der Waals surface area contributed by atoms with E-state index in [9.17, 15) is 14.9 Å². The van der Waals surface area contributed by atoms with Gasteiger partial charge in [-0.1, -0.05) is 11.6 Å². The fourth-order valence-corrected chi connectivity index (χ4v) is 1.83. The van der Waals surface area contributed by atoms with Crippen molar-refractivity contribution >= 4 is 34.7 Å². The lowest BCUT2D eigenvalue weighted by atomic mass is 10.1. The lowest BCUT2D eigenvalue weighted by molar-refractivity contribution is -0.384. The molecule has 0 atom stereocenters. The molecule has 10 heteroatoms. The molecular formula is C11H9ClN6O3. The number of anilines is 2. The number of halogens is 1. The van der Waals surface area contributed by atoms with E-state index in [0.29, 0.717) is 0 Å². The van der Waals surface area contributed by atoms with Crippen LogP contribution in [0.3, 0.4) is 0 Å². The predicted molar refractivity (Wildman–Crippen MR) is 75.9 cm³/mol. The Hall–Kier alpha value is -2.78. The van der Waals surface area contributed by atoms with Crippen LogP contribution >= 0.6 is 11.6 Å². The third kappa shape index (κ3) is 3.22. The smallest absolute Gasteiger partial charge is 0.295 e. The molecule has 0 aliphatic heterocycles. The highest BCUT2D eigenvalue weighted by atomic mass is 35.5. The van der Waals surface area contributed by atoms with Crippen molar-refractivity contribution in [3.05, 3.63) is 51.4 Å². The van der Waals surface area contributed by atoms with E-state index in [1.54, 1.807) is 0 Å². The number of hydrazine groups is 1. The molecule has 0 radical (unpaired) electrons. The fraction of sp³-hybridized carbons (Fsp3) is 0. The lowest BCUT2D eigenvalue weighted by Crippen LogP contribution is -2.15. The molecule has 0 spiro atoms. The summed E-state index contributed by atoms with van der Waals surface area (Å²) < 4.78 is 0. The van der Waals surface area contributed by atoms with Gasteiger partial charge in [0.1, 0.15) is 5.69 Å². The van der Waals surface area contributed by atoms with E-state index in [0.717, 1.165) is 6.07 Å². The minimum Gasteiger partial charge on any atom is -0.317 e. The zero-order valence-corrected chi connectivity index (χ0v) is 11.2. The Bertz CT molecular complexity index is 694. The number of aromatic nitrogens is 2. The number of nitro groups is 1. The highest BCUT2D eigenvalue weighted by molar-refractivity contribution is 6.34. The van der Waals surface area contributed by atoms with Crippen molar-refractivity contribution in [1.29, 1.82) is 0 Å². The average molecular weight is 309 g/mol. The van der Waals surface area contributed by atoms with Gasteiger partial charge in [-0.2, -0.15) is 0 Å². The number of nitrogens with one attached hydrogen (secondary N) is 2. The summed E-state index contributed by atoms with van der Waals surface area (Å²) in [7, 11) is 0. The summed E-state index contributed by atoms with van der Waals surface area (Å²) in [5.41, 5.74) is 1.65. The number of nitrogen functional groups attached to an aromatic ring is 1. The van der Waals surface area contributed by atoms with Gasteiger partial charge in [0.25, 0.3) is 11.6 Å². The van der Waals surface area contributed by atoms with Crippen molar-refractivity contribution < 1.29 is 9.72 Å². The lowest BCUT2D eigenvalue weighted by Gasteiger charge is -2.08. The summed E-state index contributed by atoms with van der Waals surface area (Å²) in [4.78, 5) is 29.9. The molecule has 0 aliphatic carbocycles. The van der Waals surface area contributed by atoms with Crippen LogP contribution in [0, 0.1) is 10.1 Å². The summed E-state index contributed by atoms with van der Waals surface area (Å²) in [6.07, 6.45) is 4.18. The van der Waals surface area contributed by atoms with Crippen molar-refractivity contribution in [2.45, 2.75) is 0 Å². The van der Waals surface area contributed by atoms with Crippen LogP contribution in [0.2, 0.25) is 5.02 Å². The number of carbonyl (C=O) groups is 1. The first-order valence-electron chi connectivity index (χ1n) is 5.55. The SMILES string of the molecule is NNc1c(Cl)cc(C(=O)Nc2cnccn2)cc1[N+](=O)[O-]. The van der Waals surface area contributed by atoms with Crippen molar-refractivity contribution in [1.82, 2.24) is 9.97 Å². The fourth-order valence-electron chi connectivity index (χ4n) is 1.56. The number of hydrogen-bond donors (Lipinski definition) is 3. The van der Waals surface area contributed by atoms with E-state index in [4.69, 9.17) is 17.4 Å². The third-order valence-electron chi connectivity index (χ3n) is 2.48. The molecule has 1 amide bonds. The molecule has 1 heterocycles. The minimum absolute atomic E-state index is 0.00338. The molecule has 9 nitrogen and oxygen atoms in total. The molecular weight excluding hydrogens is 300 g/mol. The molecule has 0 unspecified atom stereocenters. The Kier molecular flexibility index (Phi) is 4.26. The highest BCUT2D eigenvalue weighted by Gasteiger charge is 2.21. The molecule has 2 aromatic rings. The number of nitrogens with zero attached hydrogens (tertiary/aromatic N) is 3. The number of nitrogens with two attached hydrogens (primary N) is 1. The zero-order chi connectivity index (χ0) is 15.4. The van der Waals surface area contributed by atoms with Crippen molar-refractivity contribution in [2.24, 2.45) is 5.84 Å². The van der Waals surface area contributed by atoms with Gasteiger partial charge in [-0.25, -0.2) is 4.98 Å². The molecule has 1 aromatic heterocycles. The Morgan fingerprint density at radius 3 is 2.71 bits per heavy atom. The maximum absolute atomic E-state index is 12.0. The number of rotatable bonds is 4. The molecule has 0 saturated carbocycles. The average Bonchev–Trinajstić information content (AvgIpc) is 2.47. The van der Waals surface area contributed by atoms with Gasteiger partial charge < -0.3 is 10.7 Å². The van der Waals surface area contributed by atoms with Crippen LogP contribution in [0.5, 0.6) is 0 Å². The van der Waals surface area contributed by atoms with Crippen molar-refractivity contribution in [3.8, 4) is 0 Å². The predicted octanol–water partition coefficient (Wildman–Crippen LogP) is 1.58. The Morgan fingerprint density at radius 2 is 2.14 bits per heavy atom. The van der Waals surface area contributed by atoms with Gasteiger partial charge in [0.2, 0.25) is 0 Å². The van der Waals surface area contributed by atoms with Crippen molar-refractivity contribution in [2.75, 3.05) is 10.7 Å². The maximum Gasteiger partial charge on any atom is 0.295 e. The molecule has 21 heavy (non-hydrogen) atoms. The van der Waals surface area contributed by atoms with E-state index in [1.165, 1.54) is 24.7 Å². The maximum atomic E-state index is 12.0. The first kappa shape index (κ1) is 14.6. The summed E-state index contributed by atoms with van der Waals surface area (Å²) in [6.45, 7) is 0. The molecule has 0 bridgehead atoms. The summed E-state index contributed by atoms with van der Waals surface area (Å²) in [5, 5.41) is 13.4. The Balaban J connectivity index is 2.36. The minimum atomic E-state index is -0.694. The van der Waals surface area contributed by atoms with Crippen LogP contribution in [0.1, 0.15) is 10.4 Å². The van der Waals surface area contributed by atoms with Gasteiger partial charge in [0, 0.05) is 24.0 Å². The normalized spacial score (nSPS) is 10.0. The monoisotopic (exact) mass is 308 g/mol. The molecule has 108 valence electrons. The van der Waals surface area contributed by atoms with Gasteiger partial charge >= 0.3 is 0 Å². The van der Waals surface area contributed by atoms with Gasteiger partial charge in [0.15, 0.2) is 5.82 Å². The molecule has 1 aromatic carbocycles. The van der Waals surface area contributed by atoms with Crippen LogP contribution in [-0.2, 0) is 0 Å². The molecule has 0 saturated heterocycles. The van der Waals surface area contributed by atoms with Gasteiger partial charge in [0.05, 0.1) is 16.1 Å². The van der Waals surface area contributed by atoms with Crippen LogP contribution in [0.15, 0.2) is 30.7 Å². The van der Waals surface area contributed by atoms with Crippen LogP contribution < -0.4 is 16.6 Å². The third-order valence-corrected chi connectivity index (χ3v) is 2.78. The van der Waals surface area contributed by atoms with Crippen LogP contribution in [0.4, 0.5) is 17.2 Å². The standard InChI is InChI=1S/C11H9ClN6O3/c12-7-3-6(4-8(18(20)21)10(7)17-13)11(19)16-9-5-14-1-2-15-9/h1-5,17H,13H2,(H,15,16,19). The van der Waals surface area contributed by atoms with E-state index in [1.807, 2.05) is 0 Å². The Morgan fingerprint density at radius 1 is 1.38 bits per heavy atom. The van der Waals surface area contributed by atoms with E-state index in [-0.39, 0.29) is 22.1 Å². The quantitative estimate of drug-likeness (QED) is 0.443. The summed E-state index contributed by atoms with van der Waals surface area (Å²) >= 11 is 5.87. The first-order valence-corrected chi connectivity index (χ1v) is 5.92. The highest BCUT2D eigenvalue weighted by Crippen LogP contribution is 2.33. The van der Waals surface area contributed by atoms with Gasteiger partial charge in [-0.15, -0.1) is 0 Å². The Labute approximate surface area is 123 Å². The number of carbonyl (C=O) groups excluding carboxylic acids is 1. The van der Waals surface area contributed by atoms with Gasteiger partial charge in [-0.05, 0) is 6.07 Å². The second kappa shape index (κ2) is 6.11. The molecule has 4 N–H and O–H groups in total. The number of amides is 1. The zero-order valence-electron chi connectivity index (χ0n) is 10.4. The van der Waals surface area contributed by atoms with Crippen LogP contribution in [-0.4, -0.2) is 20.8 Å². The number of benzene rings is 1. The van der Waals surface area contributed by atoms with E-state index in [2.05, 4.69) is 20.7 Å². The molecule has 0 fully saturated rings. The summed E-state index contributed by atoms with van der Waals surface area (Å²) in [6, 6.07) is 2.32. The van der Waals surface area contributed by atoms with Gasteiger partial charge in [-0.3, -0.25) is 25.7 Å². The first-order chi connectivity index (χ1) is 10.0. The largest absolute Gasteiger partial charge is 0.317 e.